The summed E-state index contributed by atoms with van der Waals surface area (Å²) in [5.74, 6) is -0.588. The lowest BCUT2D eigenvalue weighted by Gasteiger charge is -2.08. The third-order valence-electron chi connectivity index (χ3n) is 5.02. The Labute approximate surface area is 186 Å². The molecule has 4 heteroatoms. The van der Waals surface area contributed by atoms with Gasteiger partial charge in [0.2, 0.25) is 0 Å². The van der Waals surface area contributed by atoms with Crippen LogP contribution in [0.25, 0.3) is 23.3 Å². The van der Waals surface area contributed by atoms with Crippen molar-refractivity contribution in [3.05, 3.63) is 125 Å². The molecule has 0 bridgehead atoms. The number of hydrogen-bond acceptors (Lipinski definition) is 2. The zero-order valence-corrected chi connectivity index (χ0v) is 17.2. The molecule has 3 nitrogen and oxygen atoms in total. The zero-order chi connectivity index (χ0) is 22.3. The molecule has 32 heavy (non-hydrogen) atoms. The molecule has 0 aliphatic carbocycles. The van der Waals surface area contributed by atoms with Crippen molar-refractivity contribution >= 4 is 18.1 Å². The van der Waals surface area contributed by atoms with Crippen molar-refractivity contribution in [1.29, 1.82) is 0 Å². The van der Waals surface area contributed by atoms with Gasteiger partial charge in [-0.1, -0.05) is 72.8 Å². The topological polar surface area (TPSA) is 46.5 Å². The molecule has 0 heterocycles. The highest BCUT2D eigenvalue weighted by Crippen LogP contribution is 2.25. The number of ether oxygens (including phenoxy) is 1. The van der Waals surface area contributed by atoms with Gasteiger partial charge in [0.05, 0.1) is 5.56 Å². The summed E-state index contributed by atoms with van der Waals surface area (Å²) in [5, 5.41) is 9.58. The summed E-state index contributed by atoms with van der Waals surface area (Å²) in [7, 11) is 0. The molecule has 0 atom stereocenters. The Morgan fingerprint density at radius 1 is 0.812 bits per heavy atom. The van der Waals surface area contributed by atoms with Crippen molar-refractivity contribution in [1.82, 2.24) is 0 Å². The molecule has 1 N–H and O–H groups in total. The van der Waals surface area contributed by atoms with Crippen LogP contribution in [0.1, 0.15) is 27.0 Å². The van der Waals surface area contributed by atoms with Crippen molar-refractivity contribution in [2.24, 2.45) is 0 Å². The minimum Gasteiger partial charge on any atom is -0.489 e. The van der Waals surface area contributed by atoms with Crippen LogP contribution in [0.3, 0.4) is 0 Å². The number of aromatic carboxylic acids is 1. The normalized spacial score (nSPS) is 10.9. The number of rotatable bonds is 7. The molecule has 0 radical (unpaired) electrons. The second-order valence-corrected chi connectivity index (χ2v) is 7.29. The predicted octanol–water partition coefficient (Wildman–Crippen LogP) is 6.94. The van der Waals surface area contributed by atoms with Gasteiger partial charge in [0.1, 0.15) is 18.2 Å². The average Bonchev–Trinajstić information content (AvgIpc) is 2.82. The molecular weight excluding hydrogens is 403 g/mol. The van der Waals surface area contributed by atoms with Gasteiger partial charge in [0.25, 0.3) is 0 Å². The van der Waals surface area contributed by atoms with E-state index < -0.39 is 5.97 Å². The summed E-state index contributed by atoms with van der Waals surface area (Å²) in [6.45, 7) is 0.469. The lowest BCUT2D eigenvalue weighted by atomic mass is 9.98. The minimum atomic E-state index is -1.00. The smallest absolute Gasteiger partial charge is 0.336 e. The predicted molar refractivity (Wildman–Crippen MR) is 125 cm³/mol. The first-order valence-electron chi connectivity index (χ1n) is 10.2. The van der Waals surface area contributed by atoms with Crippen molar-refractivity contribution in [3.8, 4) is 16.9 Å². The average molecular weight is 424 g/mol. The molecule has 0 aliphatic rings. The Hall–Kier alpha value is -4.18. The van der Waals surface area contributed by atoms with E-state index in [9.17, 15) is 14.3 Å². The van der Waals surface area contributed by atoms with E-state index in [-0.39, 0.29) is 11.4 Å². The number of benzene rings is 4. The molecule has 4 rings (SSSR count). The summed E-state index contributed by atoms with van der Waals surface area (Å²) in [4.78, 5) is 11.7. The third-order valence-corrected chi connectivity index (χ3v) is 5.02. The first-order chi connectivity index (χ1) is 15.6. The molecule has 4 aromatic carbocycles. The molecule has 0 saturated heterocycles. The van der Waals surface area contributed by atoms with Gasteiger partial charge in [0.15, 0.2) is 0 Å². The molecule has 0 fully saturated rings. The van der Waals surface area contributed by atoms with E-state index in [2.05, 4.69) is 0 Å². The number of hydrogen-bond donors (Lipinski definition) is 1. The van der Waals surface area contributed by atoms with Crippen LogP contribution < -0.4 is 4.74 Å². The van der Waals surface area contributed by atoms with Gasteiger partial charge >= 0.3 is 5.97 Å². The van der Waals surface area contributed by atoms with E-state index in [1.807, 2.05) is 60.7 Å². The highest BCUT2D eigenvalue weighted by molar-refractivity contribution is 5.94. The molecule has 0 unspecified atom stereocenters. The second kappa shape index (κ2) is 9.75. The van der Waals surface area contributed by atoms with Gasteiger partial charge in [-0.05, 0) is 64.2 Å². The standard InChI is InChI=1S/C28H21FO3/c29-25-14-11-22(12-15-25)23-13-16-27(28(30)31)24(18-23)10-9-20-7-4-8-26(17-20)32-19-21-5-2-1-3-6-21/h1-18H,19H2,(H,30,31)/b10-9+. The Balaban J connectivity index is 1.57. The van der Waals surface area contributed by atoms with Gasteiger partial charge in [0, 0.05) is 0 Å². The summed E-state index contributed by atoms with van der Waals surface area (Å²) in [6.07, 6.45) is 3.62. The van der Waals surface area contributed by atoms with Crippen LogP contribution >= 0.6 is 0 Å². The summed E-state index contributed by atoms with van der Waals surface area (Å²) >= 11 is 0. The molecular formula is C28H21FO3. The van der Waals surface area contributed by atoms with Crippen molar-refractivity contribution in [2.75, 3.05) is 0 Å². The van der Waals surface area contributed by atoms with Gasteiger partial charge in [-0.3, -0.25) is 0 Å². The van der Waals surface area contributed by atoms with Crippen molar-refractivity contribution in [3.63, 3.8) is 0 Å². The maximum absolute atomic E-state index is 13.2. The fourth-order valence-electron chi connectivity index (χ4n) is 3.35. The molecule has 4 aromatic rings. The molecule has 0 spiro atoms. The summed E-state index contributed by atoms with van der Waals surface area (Å²) in [6, 6.07) is 28.7. The van der Waals surface area contributed by atoms with E-state index >= 15 is 0 Å². The molecule has 0 aliphatic heterocycles. The van der Waals surface area contributed by atoms with Gasteiger partial charge in [-0.25, -0.2) is 9.18 Å². The van der Waals surface area contributed by atoms with E-state index in [1.165, 1.54) is 12.1 Å². The van der Waals surface area contributed by atoms with Crippen LogP contribution in [0.15, 0.2) is 97.1 Å². The van der Waals surface area contributed by atoms with Crippen LogP contribution in [-0.4, -0.2) is 11.1 Å². The van der Waals surface area contributed by atoms with Crippen LogP contribution in [0.2, 0.25) is 0 Å². The third kappa shape index (κ3) is 5.29. The summed E-state index contributed by atoms with van der Waals surface area (Å²) in [5.41, 5.74) is 4.36. The van der Waals surface area contributed by atoms with Gasteiger partial charge in [-0.2, -0.15) is 0 Å². The van der Waals surface area contributed by atoms with Crippen molar-refractivity contribution < 1.29 is 19.0 Å². The highest BCUT2D eigenvalue weighted by Gasteiger charge is 2.10. The second-order valence-electron chi connectivity index (χ2n) is 7.29. The van der Waals surface area contributed by atoms with Crippen LogP contribution in [0, 0.1) is 5.82 Å². The first kappa shape index (κ1) is 21.1. The van der Waals surface area contributed by atoms with E-state index in [4.69, 9.17) is 4.74 Å². The fraction of sp³-hybridized carbons (Fsp3) is 0.0357. The molecule has 0 saturated carbocycles. The number of carboxylic acids is 1. The number of carbonyl (C=O) groups is 1. The SMILES string of the molecule is O=C(O)c1ccc(-c2ccc(F)cc2)cc1/C=C/c1cccc(OCc2ccccc2)c1. The summed E-state index contributed by atoms with van der Waals surface area (Å²) < 4.78 is 19.1. The van der Waals surface area contributed by atoms with E-state index in [1.54, 1.807) is 36.4 Å². The Kier molecular flexibility index (Phi) is 6.42. The molecule has 0 aromatic heterocycles. The number of halogens is 1. The number of carboxylic acid groups (broad SMARTS) is 1. The lowest BCUT2D eigenvalue weighted by molar-refractivity contribution is 0.0696. The lowest BCUT2D eigenvalue weighted by Crippen LogP contribution is -1.99. The Morgan fingerprint density at radius 2 is 1.56 bits per heavy atom. The van der Waals surface area contributed by atoms with E-state index in [0.717, 1.165) is 28.0 Å². The first-order valence-corrected chi connectivity index (χ1v) is 10.2. The van der Waals surface area contributed by atoms with Crippen LogP contribution in [0.5, 0.6) is 5.75 Å². The quantitative estimate of drug-likeness (QED) is 0.327. The van der Waals surface area contributed by atoms with Gasteiger partial charge < -0.3 is 9.84 Å². The van der Waals surface area contributed by atoms with Crippen LogP contribution in [0.4, 0.5) is 4.39 Å². The Morgan fingerprint density at radius 3 is 2.31 bits per heavy atom. The maximum Gasteiger partial charge on any atom is 0.336 e. The van der Waals surface area contributed by atoms with Crippen molar-refractivity contribution in [2.45, 2.75) is 6.61 Å². The van der Waals surface area contributed by atoms with Crippen LogP contribution in [-0.2, 0) is 6.61 Å². The monoisotopic (exact) mass is 424 g/mol. The zero-order valence-electron chi connectivity index (χ0n) is 17.2. The fourth-order valence-corrected chi connectivity index (χ4v) is 3.35. The molecule has 0 amide bonds. The molecule has 158 valence electrons. The maximum atomic E-state index is 13.2. The minimum absolute atomic E-state index is 0.198. The van der Waals surface area contributed by atoms with E-state index in [0.29, 0.717) is 12.2 Å². The van der Waals surface area contributed by atoms with Gasteiger partial charge in [-0.15, -0.1) is 0 Å². The largest absolute Gasteiger partial charge is 0.489 e. The Bertz CT molecular complexity index is 1250. The highest BCUT2D eigenvalue weighted by atomic mass is 19.1.